The SMILES string of the molecule is N#C/C(=C\c1ccc(SC(F)(F)F)cc1)c1ccc(C(F)(F)F)cn1. The van der Waals surface area contributed by atoms with E-state index in [0.29, 0.717) is 11.8 Å². The zero-order chi connectivity index (χ0) is 18.7. The molecule has 0 radical (unpaired) electrons. The van der Waals surface area contributed by atoms with Crippen LogP contribution in [0, 0.1) is 11.3 Å². The van der Waals surface area contributed by atoms with Crippen molar-refractivity contribution in [2.75, 3.05) is 0 Å². The van der Waals surface area contributed by atoms with Gasteiger partial charge in [0.25, 0.3) is 0 Å². The van der Waals surface area contributed by atoms with E-state index in [4.69, 9.17) is 5.26 Å². The number of pyridine rings is 1. The number of nitrogens with zero attached hydrogens (tertiary/aromatic N) is 2. The molecule has 2 rings (SSSR count). The van der Waals surface area contributed by atoms with Gasteiger partial charge in [0.2, 0.25) is 0 Å². The van der Waals surface area contributed by atoms with Crippen molar-refractivity contribution in [3.05, 3.63) is 59.4 Å². The molecule has 0 amide bonds. The minimum Gasteiger partial charge on any atom is -0.255 e. The van der Waals surface area contributed by atoms with Gasteiger partial charge in [-0.1, -0.05) is 12.1 Å². The Hall–Kier alpha value is -2.47. The molecule has 0 N–H and O–H groups in total. The first-order valence-electron chi connectivity index (χ1n) is 6.60. The van der Waals surface area contributed by atoms with Crippen LogP contribution in [0.1, 0.15) is 16.8 Å². The maximum Gasteiger partial charge on any atom is 0.446 e. The van der Waals surface area contributed by atoms with Crippen LogP contribution in [0.3, 0.4) is 0 Å². The summed E-state index contributed by atoms with van der Waals surface area (Å²) in [6.45, 7) is 0. The van der Waals surface area contributed by atoms with Crippen LogP contribution in [0.15, 0.2) is 47.5 Å². The number of aromatic nitrogens is 1. The van der Waals surface area contributed by atoms with Gasteiger partial charge in [-0.3, -0.25) is 4.98 Å². The Morgan fingerprint density at radius 3 is 2.08 bits per heavy atom. The third-order valence-electron chi connectivity index (χ3n) is 2.91. The van der Waals surface area contributed by atoms with Crippen molar-refractivity contribution in [3.63, 3.8) is 0 Å². The molecule has 0 saturated heterocycles. The molecule has 0 saturated carbocycles. The summed E-state index contributed by atoms with van der Waals surface area (Å²) in [5.41, 5.74) is -4.90. The van der Waals surface area contributed by atoms with Crippen LogP contribution in [0.5, 0.6) is 0 Å². The average Bonchev–Trinajstić information content (AvgIpc) is 2.52. The first-order chi connectivity index (χ1) is 11.6. The zero-order valence-corrected chi connectivity index (χ0v) is 13.0. The number of nitriles is 1. The van der Waals surface area contributed by atoms with Crippen LogP contribution >= 0.6 is 11.8 Å². The predicted molar refractivity (Wildman–Crippen MR) is 81.1 cm³/mol. The Bertz CT molecular complexity index is 799. The molecule has 0 aliphatic carbocycles. The monoisotopic (exact) mass is 374 g/mol. The van der Waals surface area contributed by atoms with Gasteiger partial charge in [-0.2, -0.15) is 31.6 Å². The fourth-order valence-corrected chi connectivity index (χ4v) is 2.36. The number of benzene rings is 1. The molecule has 2 nitrogen and oxygen atoms in total. The van der Waals surface area contributed by atoms with E-state index in [-0.39, 0.29) is 27.9 Å². The fraction of sp³-hybridized carbons (Fsp3) is 0.125. The van der Waals surface area contributed by atoms with Crippen LogP contribution in [-0.4, -0.2) is 10.5 Å². The van der Waals surface area contributed by atoms with Crippen molar-refractivity contribution >= 4 is 23.4 Å². The molecule has 0 spiro atoms. The van der Waals surface area contributed by atoms with E-state index >= 15 is 0 Å². The number of halogens is 6. The first-order valence-corrected chi connectivity index (χ1v) is 7.41. The largest absolute Gasteiger partial charge is 0.446 e. The summed E-state index contributed by atoms with van der Waals surface area (Å²) in [7, 11) is 0. The second-order valence-corrected chi connectivity index (χ2v) is 5.85. The van der Waals surface area contributed by atoms with Crippen molar-refractivity contribution in [1.29, 1.82) is 5.26 Å². The third kappa shape index (κ3) is 5.53. The van der Waals surface area contributed by atoms with Gasteiger partial charge in [0.15, 0.2) is 0 Å². The van der Waals surface area contributed by atoms with Gasteiger partial charge in [-0.05, 0) is 47.7 Å². The van der Waals surface area contributed by atoms with Crippen LogP contribution in [0.25, 0.3) is 11.6 Å². The van der Waals surface area contributed by atoms with Crippen LogP contribution in [0.4, 0.5) is 26.3 Å². The number of allylic oxidation sites excluding steroid dienone is 1. The molecule has 1 heterocycles. The van der Waals surface area contributed by atoms with E-state index in [1.807, 2.05) is 6.07 Å². The summed E-state index contributed by atoms with van der Waals surface area (Å²) in [5, 5.41) is 9.14. The molecule has 2 aromatic rings. The molecule has 25 heavy (non-hydrogen) atoms. The first kappa shape index (κ1) is 18.9. The summed E-state index contributed by atoms with van der Waals surface area (Å²) in [5.74, 6) is 0. The predicted octanol–water partition coefficient (Wildman–Crippen LogP) is 5.78. The molecule has 0 unspecified atom stereocenters. The van der Waals surface area contributed by atoms with Crippen molar-refractivity contribution < 1.29 is 26.3 Å². The fourth-order valence-electron chi connectivity index (χ4n) is 1.82. The van der Waals surface area contributed by atoms with Gasteiger partial charge >= 0.3 is 11.7 Å². The molecule has 0 aliphatic heterocycles. The molecule has 0 aliphatic rings. The maximum atomic E-state index is 12.5. The Morgan fingerprint density at radius 2 is 1.64 bits per heavy atom. The quantitative estimate of drug-likeness (QED) is 0.388. The maximum absolute atomic E-state index is 12.5. The van der Waals surface area contributed by atoms with Crippen LogP contribution in [0.2, 0.25) is 0 Å². The smallest absolute Gasteiger partial charge is 0.255 e. The van der Waals surface area contributed by atoms with Gasteiger partial charge in [-0.15, -0.1) is 0 Å². The highest BCUT2D eigenvalue weighted by atomic mass is 32.2. The molecule has 1 aromatic carbocycles. The number of rotatable bonds is 3. The van der Waals surface area contributed by atoms with Crippen molar-refractivity contribution in [2.45, 2.75) is 16.6 Å². The lowest BCUT2D eigenvalue weighted by atomic mass is 10.1. The van der Waals surface area contributed by atoms with Gasteiger partial charge in [-0.25, -0.2) is 0 Å². The highest BCUT2D eigenvalue weighted by molar-refractivity contribution is 8.00. The van der Waals surface area contributed by atoms with Crippen molar-refractivity contribution in [3.8, 4) is 6.07 Å². The topological polar surface area (TPSA) is 36.7 Å². The van der Waals surface area contributed by atoms with Gasteiger partial charge in [0.05, 0.1) is 16.8 Å². The molecular formula is C16H8F6N2S. The van der Waals surface area contributed by atoms with E-state index in [1.165, 1.54) is 30.3 Å². The summed E-state index contributed by atoms with van der Waals surface area (Å²) in [6, 6.07) is 8.89. The normalized spacial score (nSPS) is 12.8. The lowest BCUT2D eigenvalue weighted by Gasteiger charge is -2.07. The summed E-state index contributed by atoms with van der Waals surface area (Å²) >= 11 is -0.270. The zero-order valence-electron chi connectivity index (χ0n) is 12.2. The number of alkyl halides is 6. The minimum atomic E-state index is -4.53. The standard InChI is InChI=1S/C16H8F6N2S/c17-15(18,19)12-3-6-14(24-9-12)11(8-23)7-10-1-4-13(5-2-10)25-16(20,21)22/h1-7,9H/b11-7+. The van der Waals surface area contributed by atoms with E-state index in [2.05, 4.69) is 4.98 Å². The highest BCUT2D eigenvalue weighted by Gasteiger charge is 2.31. The number of thioether (sulfide) groups is 1. The summed E-state index contributed by atoms with van der Waals surface area (Å²) < 4.78 is 74.3. The second-order valence-electron chi connectivity index (χ2n) is 4.72. The Labute approximate surface area is 142 Å². The van der Waals surface area contributed by atoms with Gasteiger partial charge < -0.3 is 0 Å². The van der Waals surface area contributed by atoms with Crippen molar-refractivity contribution in [1.82, 2.24) is 4.98 Å². The average molecular weight is 374 g/mol. The van der Waals surface area contributed by atoms with Gasteiger partial charge in [0.1, 0.15) is 6.07 Å². The molecule has 9 heteroatoms. The summed E-state index contributed by atoms with van der Waals surface area (Å²) in [6.07, 6.45) is -2.59. The minimum absolute atomic E-state index is 0.00931. The molecule has 0 atom stereocenters. The van der Waals surface area contributed by atoms with E-state index in [1.54, 1.807) is 0 Å². The second kappa shape index (κ2) is 7.19. The van der Waals surface area contributed by atoms with Crippen LogP contribution < -0.4 is 0 Å². The van der Waals surface area contributed by atoms with E-state index in [9.17, 15) is 26.3 Å². The van der Waals surface area contributed by atoms with Gasteiger partial charge in [0, 0.05) is 11.1 Å². The van der Waals surface area contributed by atoms with Crippen LogP contribution in [-0.2, 0) is 6.18 Å². The molecular weight excluding hydrogens is 366 g/mol. The number of hydrogen-bond acceptors (Lipinski definition) is 3. The molecule has 130 valence electrons. The lowest BCUT2D eigenvalue weighted by Crippen LogP contribution is -2.05. The number of hydrogen-bond donors (Lipinski definition) is 0. The van der Waals surface area contributed by atoms with Crippen molar-refractivity contribution in [2.24, 2.45) is 0 Å². The molecule has 0 bridgehead atoms. The third-order valence-corrected chi connectivity index (χ3v) is 3.65. The molecule has 0 fully saturated rings. The summed E-state index contributed by atoms with van der Waals surface area (Å²) in [4.78, 5) is 3.60. The highest BCUT2D eigenvalue weighted by Crippen LogP contribution is 2.37. The van der Waals surface area contributed by atoms with E-state index in [0.717, 1.165) is 12.1 Å². The Balaban J connectivity index is 2.24. The molecule has 1 aromatic heterocycles. The Kier molecular flexibility index (Phi) is 5.42. The lowest BCUT2D eigenvalue weighted by molar-refractivity contribution is -0.137. The Morgan fingerprint density at radius 1 is 1.00 bits per heavy atom. The van der Waals surface area contributed by atoms with E-state index < -0.39 is 17.2 Å².